The molecule has 1 amide bonds. The zero-order chi connectivity index (χ0) is 15.4. The topological polar surface area (TPSA) is 72.9 Å². The van der Waals surface area contributed by atoms with Gasteiger partial charge in [-0.05, 0) is 23.6 Å². The Morgan fingerprint density at radius 2 is 2.10 bits per heavy atom. The highest BCUT2D eigenvalue weighted by Gasteiger charge is 2.09. The number of hydrogen-bond donors (Lipinski definition) is 2. The van der Waals surface area contributed by atoms with Crippen LogP contribution in [0.15, 0.2) is 30.5 Å². The van der Waals surface area contributed by atoms with Crippen molar-refractivity contribution in [2.24, 2.45) is 12.8 Å². The maximum Gasteiger partial charge on any atom is 0.218 e. The molecule has 1 aromatic heterocycles. The highest BCUT2D eigenvalue weighted by Crippen LogP contribution is 2.21. The van der Waals surface area contributed by atoms with Gasteiger partial charge in [0, 0.05) is 31.3 Å². The number of aromatic nitrogens is 2. The van der Waals surface area contributed by atoms with E-state index in [9.17, 15) is 4.79 Å². The summed E-state index contributed by atoms with van der Waals surface area (Å²) < 4.78 is 1.63. The number of amides is 1. The van der Waals surface area contributed by atoms with Gasteiger partial charge in [0.1, 0.15) is 5.15 Å². The number of primary amides is 1. The lowest BCUT2D eigenvalue weighted by atomic mass is 9.97. The van der Waals surface area contributed by atoms with Crippen molar-refractivity contribution >= 4 is 23.2 Å². The van der Waals surface area contributed by atoms with Gasteiger partial charge in [0.05, 0.1) is 6.20 Å². The smallest absolute Gasteiger partial charge is 0.218 e. The first-order valence-electron chi connectivity index (χ1n) is 6.76. The van der Waals surface area contributed by atoms with Crippen molar-refractivity contribution in [1.29, 1.82) is 0 Å². The summed E-state index contributed by atoms with van der Waals surface area (Å²) in [6, 6.07) is 7.97. The second-order valence-electron chi connectivity index (χ2n) is 5.13. The predicted octanol–water partition coefficient (Wildman–Crippen LogP) is 2.66. The lowest BCUT2D eigenvalue weighted by Gasteiger charge is -2.11. The maximum atomic E-state index is 10.9. The molecule has 1 heterocycles. The number of carbonyl (C=O) groups excluding carboxylic acids is 1. The van der Waals surface area contributed by atoms with Gasteiger partial charge >= 0.3 is 0 Å². The summed E-state index contributed by atoms with van der Waals surface area (Å²) in [4.78, 5) is 10.9. The molecule has 21 heavy (non-hydrogen) atoms. The van der Waals surface area contributed by atoms with Gasteiger partial charge in [-0.1, -0.05) is 30.7 Å². The van der Waals surface area contributed by atoms with Gasteiger partial charge in [0.15, 0.2) is 0 Å². The number of benzene rings is 1. The Bertz CT molecular complexity index is 621. The highest BCUT2D eigenvalue weighted by molar-refractivity contribution is 6.30. The SMILES string of the molecule is CC(CC(N)=O)c1ccc(NCc2cnn(C)c2Cl)cc1. The highest BCUT2D eigenvalue weighted by atomic mass is 35.5. The molecule has 1 aromatic carbocycles. The lowest BCUT2D eigenvalue weighted by molar-refractivity contribution is -0.118. The molecule has 0 spiro atoms. The summed E-state index contributed by atoms with van der Waals surface area (Å²) >= 11 is 6.11. The molecule has 0 aliphatic heterocycles. The van der Waals surface area contributed by atoms with Gasteiger partial charge in [-0.2, -0.15) is 5.10 Å². The molecule has 0 aliphatic carbocycles. The number of nitrogens with two attached hydrogens (primary N) is 1. The first kappa shape index (κ1) is 15.4. The minimum absolute atomic E-state index is 0.129. The van der Waals surface area contributed by atoms with E-state index < -0.39 is 0 Å². The van der Waals surface area contributed by atoms with E-state index >= 15 is 0 Å². The summed E-state index contributed by atoms with van der Waals surface area (Å²) in [7, 11) is 1.81. The number of carbonyl (C=O) groups is 1. The summed E-state index contributed by atoms with van der Waals surface area (Å²) in [6.45, 7) is 2.60. The lowest BCUT2D eigenvalue weighted by Crippen LogP contribution is -2.13. The number of anilines is 1. The van der Waals surface area contributed by atoms with Gasteiger partial charge < -0.3 is 11.1 Å². The van der Waals surface area contributed by atoms with Crippen LogP contribution in [0.2, 0.25) is 5.15 Å². The fraction of sp³-hybridized carbons (Fsp3) is 0.333. The molecule has 2 aromatic rings. The summed E-state index contributed by atoms with van der Waals surface area (Å²) in [6.07, 6.45) is 2.11. The first-order chi connectivity index (χ1) is 9.97. The Morgan fingerprint density at radius 3 is 2.62 bits per heavy atom. The van der Waals surface area contributed by atoms with Crippen molar-refractivity contribution < 1.29 is 4.79 Å². The average molecular weight is 307 g/mol. The second kappa shape index (κ2) is 6.63. The number of halogens is 1. The van der Waals surface area contributed by atoms with Crippen LogP contribution in [0, 0.1) is 0 Å². The van der Waals surface area contributed by atoms with Crippen LogP contribution in [0.5, 0.6) is 0 Å². The quantitative estimate of drug-likeness (QED) is 0.861. The van der Waals surface area contributed by atoms with Crippen molar-refractivity contribution in [3.05, 3.63) is 46.7 Å². The predicted molar refractivity (Wildman–Crippen MR) is 84.2 cm³/mol. The molecule has 6 heteroatoms. The van der Waals surface area contributed by atoms with Crippen LogP contribution in [-0.2, 0) is 18.4 Å². The van der Waals surface area contributed by atoms with Gasteiger partial charge in [-0.3, -0.25) is 9.48 Å². The normalized spacial score (nSPS) is 12.1. The largest absolute Gasteiger partial charge is 0.381 e. The molecule has 0 bridgehead atoms. The number of hydrogen-bond acceptors (Lipinski definition) is 3. The molecule has 5 nitrogen and oxygen atoms in total. The van der Waals surface area contributed by atoms with E-state index in [-0.39, 0.29) is 11.8 Å². The molecule has 0 saturated heterocycles. The molecule has 0 radical (unpaired) electrons. The number of rotatable bonds is 6. The van der Waals surface area contributed by atoms with Crippen LogP contribution in [0.25, 0.3) is 0 Å². The molecule has 3 N–H and O–H groups in total. The van der Waals surface area contributed by atoms with Gasteiger partial charge in [0.25, 0.3) is 0 Å². The molecule has 1 atom stereocenters. The Morgan fingerprint density at radius 1 is 1.43 bits per heavy atom. The van der Waals surface area contributed by atoms with Gasteiger partial charge in [-0.25, -0.2) is 0 Å². The van der Waals surface area contributed by atoms with E-state index in [4.69, 9.17) is 17.3 Å². The number of aryl methyl sites for hydroxylation is 1. The molecule has 2 rings (SSSR count). The summed E-state index contributed by atoms with van der Waals surface area (Å²) in [5, 5.41) is 8.02. The second-order valence-corrected chi connectivity index (χ2v) is 5.49. The van der Waals surface area contributed by atoms with Crippen LogP contribution in [0.4, 0.5) is 5.69 Å². The van der Waals surface area contributed by atoms with Crippen molar-refractivity contribution in [2.45, 2.75) is 25.8 Å². The van der Waals surface area contributed by atoms with Crippen molar-refractivity contribution in [3.8, 4) is 0 Å². The molecule has 0 aliphatic rings. The fourth-order valence-corrected chi connectivity index (χ4v) is 2.29. The van der Waals surface area contributed by atoms with Crippen LogP contribution in [0.3, 0.4) is 0 Å². The van der Waals surface area contributed by atoms with Crippen molar-refractivity contribution in [2.75, 3.05) is 5.32 Å². The van der Waals surface area contributed by atoms with Crippen LogP contribution in [0.1, 0.15) is 30.4 Å². The Kier molecular flexibility index (Phi) is 4.85. The third-order valence-corrected chi connectivity index (χ3v) is 3.89. The summed E-state index contributed by atoms with van der Waals surface area (Å²) in [5.41, 5.74) is 8.25. The Balaban J connectivity index is 1.96. The molecule has 0 fully saturated rings. The Hall–Kier alpha value is -2.01. The minimum atomic E-state index is -0.282. The maximum absolute atomic E-state index is 10.9. The zero-order valence-corrected chi connectivity index (χ0v) is 12.9. The van der Waals surface area contributed by atoms with Crippen LogP contribution in [-0.4, -0.2) is 15.7 Å². The number of nitrogens with one attached hydrogen (secondary N) is 1. The minimum Gasteiger partial charge on any atom is -0.381 e. The molecule has 0 saturated carbocycles. The van der Waals surface area contributed by atoms with E-state index in [2.05, 4.69) is 10.4 Å². The van der Waals surface area contributed by atoms with Crippen molar-refractivity contribution in [3.63, 3.8) is 0 Å². The fourth-order valence-electron chi connectivity index (χ4n) is 2.13. The van der Waals surface area contributed by atoms with Crippen LogP contribution >= 0.6 is 11.6 Å². The van der Waals surface area contributed by atoms with E-state index in [0.29, 0.717) is 18.1 Å². The van der Waals surface area contributed by atoms with Gasteiger partial charge in [0.2, 0.25) is 5.91 Å². The average Bonchev–Trinajstić information content (AvgIpc) is 2.76. The number of nitrogens with zero attached hydrogens (tertiary/aromatic N) is 2. The third-order valence-electron chi connectivity index (χ3n) is 3.41. The monoisotopic (exact) mass is 306 g/mol. The van der Waals surface area contributed by atoms with E-state index in [0.717, 1.165) is 16.8 Å². The van der Waals surface area contributed by atoms with E-state index in [1.807, 2.05) is 31.2 Å². The third kappa shape index (κ3) is 3.98. The molecular formula is C15H19ClN4O. The zero-order valence-electron chi connectivity index (χ0n) is 12.1. The van der Waals surface area contributed by atoms with Gasteiger partial charge in [-0.15, -0.1) is 0 Å². The Labute approximate surface area is 129 Å². The van der Waals surface area contributed by atoms with E-state index in [1.165, 1.54) is 0 Å². The summed E-state index contributed by atoms with van der Waals surface area (Å²) in [5.74, 6) is -0.153. The molecule has 112 valence electrons. The molecular weight excluding hydrogens is 288 g/mol. The van der Waals surface area contributed by atoms with E-state index in [1.54, 1.807) is 17.9 Å². The standard InChI is InChI=1S/C15H19ClN4O/c1-10(7-14(17)21)11-3-5-13(6-4-11)18-8-12-9-19-20(2)15(12)16/h3-6,9-10,18H,7-8H2,1-2H3,(H2,17,21). The first-order valence-corrected chi connectivity index (χ1v) is 7.13. The van der Waals surface area contributed by atoms with Crippen molar-refractivity contribution in [1.82, 2.24) is 9.78 Å². The van der Waals surface area contributed by atoms with Crippen LogP contribution < -0.4 is 11.1 Å². The molecule has 1 unspecified atom stereocenters.